The van der Waals surface area contributed by atoms with E-state index in [0.717, 1.165) is 0 Å². The molecule has 122 valence electrons. The van der Waals surface area contributed by atoms with Crippen molar-refractivity contribution in [2.24, 2.45) is 7.05 Å². The predicted molar refractivity (Wildman–Crippen MR) is 110 cm³/mol. The molecule has 0 aliphatic heterocycles. The smallest absolute Gasteiger partial charge is 0.0488 e. The van der Waals surface area contributed by atoms with Crippen molar-refractivity contribution in [3.63, 3.8) is 0 Å². The molecule has 0 bridgehead atoms. The molecule has 1 nitrogen and oxygen atoms in total. The molecule has 0 unspecified atom stereocenters. The Hall–Kier alpha value is -2.80. The van der Waals surface area contributed by atoms with Crippen LogP contribution >= 0.6 is 0 Å². The number of fused-ring (bicyclic) bond motifs is 6. The van der Waals surface area contributed by atoms with E-state index >= 15 is 0 Å². The predicted octanol–water partition coefficient (Wildman–Crippen LogP) is 6.56. The zero-order chi connectivity index (χ0) is 17.3. The van der Waals surface area contributed by atoms with Crippen LogP contribution in [0.15, 0.2) is 54.6 Å². The second-order valence-corrected chi connectivity index (χ2v) is 7.38. The molecule has 5 rings (SSSR count). The van der Waals surface area contributed by atoms with Crippen molar-refractivity contribution >= 4 is 43.2 Å². The maximum atomic E-state index is 2.36. The number of aromatic nitrogens is 1. The quantitative estimate of drug-likeness (QED) is 0.224. The van der Waals surface area contributed by atoms with E-state index in [9.17, 15) is 0 Å². The summed E-state index contributed by atoms with van der Waals surface area (Å²) in [5.41, 5.74) is 5.28. The average molecular weight is 323 g/mol. The molecule has 1 heterocycles. The van der Waals surface area contributed by atoms with Crippen molar-refractivity contribution in [2.75, 3.05) is 0 Å². The molecule has 4 aromatic carbocycles. The summed E-state index contributed by atoms with van der Waals surface area (Å²) in [6, 6.07) is 20.6. The molecule has 0 amide bonds. The molecule has 0 saturated heterocycles. The molecule has 0 aliphatic rings. The van der Waals surface area contributed by atoms with E-state index < -0.39 is 0 Å². The number of rotatable bonds is 0. The zero-order valence-corrected chi connectivity index (χ0v) is 15.1. The van der Waals surface area contributed by atoms with E-state index in [4.69, 9.17) is 0 Å². The summed E-state index contributed by atoms with van der Waals surface area (Å²) in [5, 5.41) is 9.41. The minimum absolute atomic E-state index is 1.30. The molecule has 0 N–H and O–H groups in total. The lowest BCUT2D eigenvalue weighted by molar-refractivity contribution is 0.918. The third-order valence-corrected chi connectivity index (χ3v) is 5.69. The Balaban J connectivity index is 2.01. The van der Waals surface area contributed by atoms with Crippen LogP contribution in [0, 0.1) is 20.8 Å². The topological polar surface area (TPSA) is 4.93 Å². The third kappa shape index (κ3) is 1.96. The van der Waals surface area contributed by atoms with Crippen LogP contribution in [-0.4, -0.2) is 4.57 Å². The third-order valence-electron chi connectivity index (χ3n) is 5.69. The summed E-state index contributed by atoms with van der Waals surface area (Å²) in [7, 11) is 2.15. The van der Waals surface area contributed by atoms with Gasteiger partial charge in [-0.15, -0.1) is 0 Å². The zero-order valence-electron chi connectivity index (χ0n) is 15.1. The fourth-order valence-corrected chi connectivity index (χ4v) is 4.26. The van der Waals surface area contributed by atoms with E-state index in [2.05, 4.69) is 87.0 Å². The lowest BCUT2D eigenvalue weighted by Gasteiger charge is -2.11. The summed E-state index contributed by atoms with van der Waals surface area (Å²) in [4.78, 5) is 0. The summed E-state index contributed by atoms with van der Waals surface area (Å²) in [6.45, 7) is 6.57. The first-order chi connectivity index (χ1) is 12.0. The number of benzene rings is 4. The van der Waals surface area contributed by atoms with Crippen LogP contribution in [0.2, 0.25) is 0 Å². The fraction of sp³-hybridized carbons (Fsp3) is 0.167. The number of hydrogen-bond acceptors (Lipinski definition) is 0. The van der Waals surface area contributed by atoms with Crippen molar-refractivity contribution in [2.45, 2.75) is 20.8 Å². The van der Waals surface area contributed by atoms with Gasteiger partial charge in [-0.3, -0.25) is 0 Å². The van der Waals surface area contributed by atoms with E-state index in [1.807, 2.05) is 0 Å². The second kappa shape index (κ2) is 4.86. The highest BCUT2D eigenvalue weighted by atomic mass is 14.9. The standard InChI is InChI=1S/C24H21N/c1-14-5-6-17-13-21-18(12-19(17)9-14)7-8-20-22-11-16(3)25(4)23(22)10-15(2)24(20)21/h5-13H,1-4H3. The highest BCUT2D eigenvalue weighted by molar-refractivity contribution is 6.20. The van der Waals surface area contributed by atoms with E-state index in [-0.39, 0.29) is 0 Å². The first-order valence-corrected chi connectivity index (χ1v) is 8.85. The molecule has 0 aliphatic carbocycles. The summed E-state index contributed by atoms with van der Waals surface area (Å²) in [6.07, 6.45) is 0. The molecule has 5 aromatic rings. The summed E-state index contributed by atoms with van der Waals surface area (Å²) in [5.74, 6) is 0. The lowest BCUT2D eigenvalue weighted by Crippen LogP contribution is -1.91. The van der Waals surface area contributed by atoms with Crippen molar-refractivity contribution in [3.8, 4) is 0 Å². The Morgan fingerprint density at radius 3 is 2.28 bits per heavy atom. The summed E-state index contributed by atoms with van der Waals surface area (Å²) >= 11 is 0. The van der Waals surface area contributed by atoms with Crippen molar-refractivity contribution < 1.29 is 0 Å². The highest BCUT2D eigenvalue weighted by Crippen LogP contribution is 2.36. The molecule has 1 aromatic heterocycles. The van der Waals surface area contributed by atoms with Crippen LogP contribution < -0.4 is 0 Å². The Kier molecular flexibility index (Phi) is 2.82. The van der Waals surface area contributed by atoms with Crippen LogP contribution in [0.3, 0.4) is 0 Å². The van der Waals surface area contributed by atoms with Crippen LogP contribution in [0.25, 0.3) is 43.2 Å². The van der Waals surface area contributed by atoms with Gasteiger partial charge in [-0.2, -0.15) is 0 Å². The van der Waals surface area contributed by atoms with E-state index in [1.165, 1.54) is 60.0 Å². The molecule has 1 heteroatoms. The Morgan fingerprint density at radius 2 is 1.44 bits per heavy atom. The summed E-state index contributed by atoms with van der Waals surface area (Å²) < 4.78 is 2.29. The van der Waals surface area contributed by atoms with Gasteiger partial charge in [0.1, 0.15) is 0 Å². The molecular formula is C24H21N. The Bertz CT molecular complexity index is 1320. The van der Waals surface area contributed by atoms with Gasteiger partial charge in [0.2, 0.25) is 0 Å². The van der Waals surface area contributed by atoms with Crippen LogP contribution in [-0.2, 0) is 7.05 Å². The second-order valence-electron chi connectivity index (χ2n) is 7.38. The van der Waals surface area contributed by atoms with Gasteiger partial charge in [-0.25, -0.2) is 0 Å². The fourth-order valence-electron chi connectivity index (χ4n) is 4.26. The molecular weight excluding hydrogens is 302 g/mol. The van der Waals surface area contributed by atoms with Gasteiger partial charge in [0.05, 0.1) is 0 Å². The van der Waals surface area contributed by atoms with Gasteiger partial charge in [0, 0.05) is 23.6 Å². The van der Waals surface area contributed by atoms with E-state index in [1.54, 1.807) is 0 Å². The average Bonchev–Trinajstić information content (AvgIpc) is 2.88. The largest absolute Gasteiger partial charge is 0.348 e. The van der Waals surface area contributed by atoms with Gasteiger partial charge in [-0.1, -0.05) is 35.9 Å². The number of aryl methyl sites for hydroxylation is 4. The SMILES string of the molecule is Cc1ccc2cc3c(ccc4c5cc(C)n(C)c5cc(C)c34)cc2c1. The normalized spacial score (nSPS) is 12.0. The molecule has 0 spiro atoms. The van der Waals surface area contributed by atoms with Crippen molar-refractivity contribution in [1.82, 2.24) is 4.57 Å². The minimum Gasteiger partial charge on any atom is -0.348 e. The molecule has 25 heavy (non-hydrogen) atoms. The van der Waals surface area contributed by atoms with Gasteiger partial charge in [0.15, 0.2) is 0 Å². The highest BCUT2D eigenvalue weighted by Gasteiger charge is 2.12. The Labute approximate surface area is 147 Å². The van der Waals surface area contributed by atoms with Crippen LogP contribution in [0.5, 0.6) is 0 Å². The van der Waals surface area contributed by atoms with Gasteiger partial charge >= 0.3 is 0 Å². The Morgan fingerprint density at radius 1 is 0.640 bits per heavy atom. The van der Waals surface area contributed by atoms with Crippen LogP contribution in [0.4, 0.5) is 0 Å². The molecule has 0 fully saturated rings. The maximum Gasteiger partial charge on any atom is 0.0488 e. The molecule has 0 atom stereocenters. The minimum atomic E-state index is 1.30. The van der Waals surface area contributed by atoms with Crippen molar-refractivity contribution in [3.05, 3.63) is 71.4 Å². The molecule has 0 radical (unpaired) electrons. The molecule has 0 saturated carbocycles. The van der Waals surface area contributed by atoms with Crippen molar-refractivity contribution in [1.29, 1.82) is 0 Å². The van der Waals surface area contributed by atoms with Gasteiger partial charge in [-0.05, 0) is 82.9 Å². The van der Waals surface area contributed by atoms with Gasteiger partial charge < -0.3 is 4.57 Å². The van der Waals surface area contributed by atoms with Crippen LogP contribution in [0.1, 0.15) is 16.8 Å². The first kappa shape index (κ1) is 14.5. The first-order valence-electron chi connectivity index (χ1n) is 8.85. The van der Waals surface area contributed by atoms with Gasteiger partial charge in [0.25, 0.3) is 0 Å². The number of hydrogen-bond donors (Lipinski definition) is 0. The maximum absolute atomic E-state index is 2.36. The monoisotopic (exact) mass is 323 g/mol. The van der Waals surface area contributed by atoms with E-state index in [0.29, 0.717) is 0 Å². The lowest BCUT2D eigenvalue weighted by atomic mass is 9.93. The number of nitrogens with zero attached hydrogens (tertiary/aromatic N) is 1.